The van der Waals surface area contributed by atoms with Crippen LogP contribution < -0.4 is 10.6 Å². The summed E-state index contributed by atoms with van der Waals surface area (Å²) in [5, 5.41) is 6.67. The normalized spacial score (nSPS) is 16.8. The van der Waals surface area contributed by atoms with Gasteiger partial charge in [0.05, 0.1) is 0 Å². The highest BCUT2D eigenvalue weighted by molar-refractivity contribution is 5.27. The highest BCUT2D eigenvalue weighted by Crippen LogP contribution is 2.03. The molecule has 5 nitrogen and oxygen atoms in total. The van der Waals surface area contributed by atoms with E-state index in [1.807, 2.05) is 19.9 Å². The van der Waals surface area contributed by atoms with E-state index >= 15 is 0 Å². The van der Waals surface area contributed by atoms with Crippen molar-refractivity contribution in [3.63, 3.8) is 0 Å². The maximum Gasteiger partial charge on any atom is 0.223 e. The number of nitrogens with one attached hydrogen (secondary N) is 2. The van der Waals surface area contributed by atoms with Gasteiger partial charge in [-0.25, -0.2) is 9.97 Å². The van der Waals surface area contributed by atoms with Crippen molar-refractivity contribution < 1.29 is 0 Å². The molecule has 0 aliphatic carbocycles. The van der Waals surface area contributed by atoms with Crippen molar-refractivity contribution >= 4 is 5.95 Å². The van der Waals surface area contributed by atoms with Gasteiger partial charge >= 0.3 is 0 Å². The van der Waals surface area contributed by atoms with Crippen molar-refractivity contribution in [1.82, 2.24) is 20.2 Å². The van der Waals surface area contributed by atoms with Gasteiger partial charge < -0.3 is 15.5 Å². The lowest BCUT2D eigenvalue weighted by Gasteiger charge is -2.27. The number of hydrogen-bond acceptors (Lipinski definition) is 5. The van der Waals surface area contributed by atoms with Crippen LogP contribution in [0.25, 0.3) is 0 Å². The van der Waals surface area contributed by atoms with Crippen LogP contribution in [0.15, 0.2) is 6.07 Å². The van der Waals surface area contributed by atoms with Gasteiger partial charge in [0.1, 0.15) is 0 Å². The molecule has 100 valence electrons. The fourth-order valence-corrected chi connectivity index (χ4v) is 2.24. The van der Waals surface area contributed by atoms with E-state index < -0.39 is 0 Å². The minimum Gasteiger partial charge on any atom is -0.354 e. The second-order valence-corrected chi connectivity index (χ2v) is 4.85. The summed E-state index contributed by atoms with van der Waals surface area (Å²) in [7, 11) is 0. The van der Waals surface area contributed by atoms with Crippen molar-refractivity contribution in [3.8, 4) is 0 Å². The molecular formula is C13H23N5. The largest absolute Gasteiger partial charge is 0.354 e. The number of nitrogens with zero attached hydrogens (tertiary/aromatic N) is 3. The number of hydrogen-bond donors (Lipinski definition) is 2. The van der Waals surface area contributed by atoms with E-state index in [1.54, 1.807) is 0 Å². The molecule has 0 amide bonds. The Bertz CT molecular complexity index is 353. The van der Waals surface area contributed by atoms with Crippen LogP contribution in [0.3, 0.4) is 0 Å². The molecule has 5 heteroatoms. The Labute approximate surface area is 109 Å². The van der Waals surface area contributed by atoms with Crippen molar-refractivity contribution in [2.45, 2.75) is 20.3 Å². The smallest absolute Gasteiger partial charge is 0.223 e. The number of anilines is 1. The summed E-state index contributed by atoms with van der Waals surface area (Å²) < 4.78 is 0. The summed E-state index contributed by atoms with van der Waals surface area (Å²) in [5.74, 6) is 0.757. The monoisotopic (exact) mass is 249 g/mol. The van der Waals surface area contributed by atoms with Crippen LogP contribution in [0.1, 0.15) is 17.8 Å². The second kappa shape index (κ2) is 6.66. The summed E-state index contributed by atoms with van der Waals surface area (Å²) in [4.78, 5) is 11.2. The molecule has 1 aromatic heterocycles. The maximum atomic E-state index is 4.37. The Balaban J connectivity index is 1.68. The molecule has 2 heterocycles. The molecule has 2 N–H and O–H groups in total. The van der Waals surface area contributed by atoms with Gasteiger partial charge in [-0.2, -0.15) is 0 Å². The van der Waals surface area contributed by atoms with Gasteiger partial charge in [-0.15, -0.1) is 0 Å². The molecule has 0 saturated carbocycles. The van der Waals surface area contributed by atoms with Gasteiger partial charge in [0.2, 0.25) is 5.95 Å². The van der Waals surface area contributed by atoms with Crippen molar-refractivity contribution in [3.05, 3.63) is 17.5 Å². The van der Waals surface area contributed by atoms with Crippen LogP contribution in [0, 0.1) is 13.8 Å². The van der Waals surface area contributed by atoms with Crippen LogP contribution >= 0.6 is 0 Å². The van der Waals surface area contributed by atoms with Crippen molar-refractivity contribution in [2.75, 3.05) is 44.6 Å². The lowest BCUT2D eigenvalue weighted by Crippen LogP contribution is -2.44. The first kappa shape index (κ1) is 13.2. The van der Waals surface area contributed by atoms with Gasteiger partial charge in [0, 0.05) is 44.1 Å². The Morgan fingerprint density at radius 2 is 1.89 bits per heavy atom. The molecule has 1 saturated heterocycles. The Kier molecular flexibility index (Phi) is 4.90. The molecule has 2 rings (SSSR count). The molecule has 0 aromatic carbocycles. The first-order valence-electron chi connectivity index (χ1n) is 6.73. The minimum absolute atomic E-state index is 0.757. The van der Waals surface area contributed by atoms with Gasteiger partial charge in [-0.3, -0.25) is 0 Å². The van der Waals surface area contributed by atoms with E-state index in [1.165, 1.54) is 13.1 Å². The minimum atomic E-state index is 0.757. The van der Waals surface area contributed by atoms with E-state index in [4.69, 9.17) is 0 Å². The maximum absolute atomic E-state index is 4.37. The van der Waals surface area contributed by atoms with E-state index in [2.05, 4.69) is 25.5 Å². The third-order valence-electron chi connectivity index (χ3n) is 3.13. The summed E-state index contributed by atoms with van der Waals surface area (Å²) >= 11 is 0. The van der Waals surface area contributed by atoms with Crippen LogP contribution in [0.5, 0.6) is 0 Å². The van der Waals surface area contributed by atoms with Gasteiger partial charge in [0.25, 0.3) is 0 Å². The predicted octanol–water partition coefficient (Wildman–Crippen LogP) is 0.801. The fourth-order valence-electron chi connectivity index (χ4n) is 2.24. The predicted molar refractivity (Wildman–Crippen MR) is 73.9 cm³/mol. The zero-order chi connectivity index (χ0) is 12.8. The molecule has 1 aliphatic heterocycles. The van der Waals surface area contributed by atoms with E-state index in [-0.39, 0.29) is 0 Å². The number of aromatic nitrogens is 2. The zero-order valence-corrected chi connectivity index (χ0v) is 11.4. The lowest BCUT2D eigenvalue weighted by molar-refractivity contribution is 0.240. The highest BCUT2D eigenvalue weighted by atomic mass is 15.2. The third kappa shape index (κ3) is 4.23. The molecule has 1 fully saturated rings. The molecule has 0 spiro atoms. The first-order chi connectivity index (χ1) is 8.74. The Hall–Kier alpha value is -1.20. The molecule has 1 aliphatic rings. The average molecular weight is 249 g/mol. The van der Waals surface area contributed by atoms with Crippen molar-refractivity contribution in [1.29, 1.82) is 0 Å². The molecule has 18 heavy (non-hydrogen) atoms. The van der Waals surface area contributed by atoms with Gasteiger partial charge in [-0.05, 0) is 32.9 Å². The lowest BCUT2D eigenvalue weighted by atomic mass is 10.3. The fraction of sp³-hybridized carbons (Fsp3) is 0.692. The molecule has 0 bridgehead atoms. The summed E-state index contributed by atoms with van der Waals surface area (Å²) in [6.07, 6.45) is 1.14. The Morgan fingerprint density at radius 3 is 2.56 bits per heavy atom. The van der Waals surface area contributed by atoms with Gasteiger partial charge in [-0.1, -0.05) is 0 Å². The molecular weight excluding hydrogens is 226 g/mol. The molecule has 0 radical (unpaired) electrons. The van der Waals surface area contributed by atoms with Crippen LogP contribution in [-0.2, 0) is 0 Å². The number of piperazine rings is 1. The first-order valence-corrected chi connectivity index (χ1v) is 6.73. The molecule has 0 unspecified atom stereocenters. The van der Waals surface area contributed by atoms with Crippen molar-refractivity contribution in [2.24, 2.45) is 0 Å². The summed E-state index contributed by atoms with van der Waals surface area (Å²) in [6, 6.07) is 1.99. The standard InChI is InChI=1S/C13H23N5/c1-11-10-12(2)17-13(16-11)15-4-3-7-18-8-5-14-6-9-18/h10,14H,3-9H2,1-2H3,(H,15,16,17). The highest BCUT2D eigenvalue weighted by Gasteiger charge is 2.08. The number of aryl methyl sites for hydroxylation is 2. The summed E-state index contributed by atoms with van der Waals surface area (Å²) in [6.45, 7) is 10.7. The zero-order valence-electron chi connectivity index (χ0n) is 11.4. The Morgan fingerprint density at radius 1 is 1.22 bits per heavy atom. The van der Waals surface area contributed by atoms with E-state index in [0.717, 1.165) is 49.9 Å². The molecule has 1 aromatic rings. The molecule has 0 atom stereocenters. The van der Waals surface area contributed by atoms with Crippen LogP contribution in [-0.4, -0.2) is 54.1 Å². The van der Waals surface area contributed by atoms with E-state index in [0.29, 0.717) is 0 Å². The van der Waals surface area contributed by atoms with E-state index in [9.17, 15) is 0 Å². The van der Waals surface area contributed by atoms with Gasteiger partial charge in [0.15, 0.2) is 0 Å². The van der Waals surface area contributed by atoms with Crippen LogP contribution in [0.2, 0.25) is 0 Å². The average Bonchev–Trinajstić information content (AvgIpc) is 2.35. The topological polar surface area (TPSA) is 53.1 Å². The quantitative estimate of drug-likeness (QED) is 0.756. The summed E-state index contributed by atoms with van der Waals surface area (Å²) in [5.41, 5.74) is 2.04. The third-order valence-corrected chi connectivity index (χ3v) is 3.13. The number of rotatable bonds is 5. The van der Waals surface area contributed by atoms with Crippen LogP contribution in [0.4, 0.5) is 5.95 Å². The second-order valence-electron chi connectivity index (χ2n) is 4.85. The SMILES string of the molecule is Cc1cc(C)nc(NCCCN2CCNCC2)n1.